The molecule has 0 fully saturated rings. The number of carbonyl (C=O) groups is 1. The van der Waals surface area contributed by atoms with Crippen LogP contribution in [-0.2, 0) is 19.0 Å². The monoisotopic (exact) mass is 399 g/mol. The molecular weight excluding hydrogens is 379 g/mol. The van der Waals surface area contributed by atoms with E-state index in [1.165, 1.54) is 9.58 Å². The Hall–Kier alpha value is -3.09. The van der Waals surface area contributed by atoms with Gasteiger partial charge in [0.05, 0.1) is 5.69 Å². The lowest BCUT2D eigenvalue weighted by Gasteiger charge is -2.18. The predicted molar refractivity (Wildman–Crippen MR) is 104 cm³/mol. The van der Waals surface area contributed by atoms with Gasteiger partial charge in [-0.05, 0) is 62.1 Å². The Labute approximate surface area is 166 Å². The van der Waals surface area contributed by atoms with Crippen LogP contribution in [0.5, 0.6) is 0 Å². The second-order valence-electron chi connectivity index (χ2n) is 7.14. The maximum Gasteiger partial charge on any atom is 0.435 e. The van der Waals surface area contributed by atoms with Crippen LogP contribution in [0.2, 0.25) is 0 Å². The van der Waals surface area contributed by atoms with Gasteiger partial charge in [0.25, 0.3) is 5.91 Å². The summed E-state index contributed by atoms with van der Waals surface area (Å²) in [4.78, 5) is 14.3. The molecule has 0 radical (unpaired) electrons. The summed E-state index contributed by atoms with van der Waals surface area (Å²) in [5, 5.41) is 3.89. The second kappa shape index (κ2) is 7.39. The van der Waals surface area contributed by atoms with Crippen molar-refractivity contribution < 1.29 is 18.0 Å². The zero-order valence-electron chi connectivity index (χ0n) is 15.9. The first kappa shape index (κ1) is 19.2. The van der Waals surface area contributed by atoms with E-state index in [1.807, 2.05) is 30.3 Å². The Bertz CT molecular complexity index is 1020. The van der Waals surface area contributed by atoms with Gasteiger partial charge in [-0.15, -0.1) is 0 Å². The molecular formula is C22H20F3N3O. The Morgan fingerprint density at radius 3 is 2.31 bits per heavy atom. The molecule has 0 aliphatic heterocycles. The fourth-order valence-electron chi connectivity index (χ4n) is 3.75. The molecule has 4 nitrogen and oxygen atoms in total. The molecule has 1 aliphatic carbocycles. The average Bonchev–Trinajstić information content (AvgIpc) is 3.14. The number of hydrogen-bond donors (Lipinski definition) is 0. The van der Waals surface area contributed by atoms with E-state index in [4.69, 9.17) is 0 Å². The summed E-state index contributed by atoms with van der Waals surface area (Å²) >= 11 is 0. The van der Waals surface area contributed by atoms with Crippen LogP contribution in [0.15, 0.2) is 54.6 Å². The number of benzene rings is 2. The summed E-state index contributed by atoms with van der Waals surface area (Å²) in [6.07, 6.45) is -1.94. The first-order valence-electron chi connectivity index (χ1n) is 9.48. The standard InChI is InChI=1S/C22H20F3N3O/c1-27(16-7-3-2-4-8-16)21(29)15-11-13-17(14-12-15)28-19-10-6-5-9-18(19)20(26-28)22(23,24)25/h2-4,7-8,11-14H,5-6,9-10H2,1H3. The predicted octanol–water partition coefficient (Wildman–Crippen LogP) is 5.05. The number of amides is 1. The number of nitrogens with zero attached hydrogens (tertiary/aromatic N) is 3. The Morgan fingerprint density at radius 1 is 1.00 bits per heavy atom. The topological polar surface area (TPSA) is 38.1 Å². The molecule has 1 amide bonds. The molecule has 7 heteroatoms. The van der Waals surface area contributed by atoms with Crippen LogP contribution < -0.4 is 4.90 Å². The number of para-hydroxylation sites is 1. The summed E-state index contributed by atoms with van der Waals surface area (Å²) in [6.45, 7) is 0. The average molecular weight is 399 g/mol. The van der Waals surface area contributed by atoms with E-state index in [0.717, 1.165) is 18.5 Å². The molecule has 4 rings (SSSR count). The van der Waals surface area contributed by atoms with Crippen molar-refractivity contribution in [2.45, 2.75) is 31.9 Å². The van der Waals surface area contributed by atoms with Crippen LogP contribution in [0, 0.1) is 0 Å². The molecule has 1 heterocycles. The van der Waals surface area contributed by atoms with E-state index in [0.29, 0.717) is 35.3 Å². The van der Waals surface area contributed by atoms with Gasteiger partial charge in [-0.3, -0.25) is 4.79 Å². The van der Waals surface area contributed by atoms with Gasteiger partial charge in [-0.1, -0.05) is 18.2 Å². The Balaban J connectivity index is 1.65. The molecule has 0 N–H and O–H groups in total. The fraction of sp³-hybridized carbons (Fsp3) is 0.273. The lowest BCUT2D eigenvalue weighted by atomic mass is 9.95. The minimum atomic E-state index is -4.47. The van der Waals surface area contributed by atoms with Crippen LogP contribution >= 0.6 is 0 Å². The van der Waals surface area contributed by atoms with Crippen molar-refractivity contribution in [3.8, 4) is 5.69 Å². The van der Waals surface area contributed by atoms with E-state index >= 15 is 0 Å². The number of rotatable bonds is 3. The first-order chi connectivity index (χ1) is 13.9. The fourth-order valence-corrected chi connectivity index (χ4v) is 3.75. The summed E-state index contributed by atoms with van der Waals surface area (Å²) < 4.78 is 41.6. The molecule has 1 aromatic heterocycles. The molecule has 0 bridgehead atoms. The van der Waals surface area contributed by atoms with Crippen LogP contribution in [0.3, 0.4) is 0 Å². The quantitative estimate of drug-likeness (QED) is 0.618. The van der Waals surface area contributed by atoms with Crippen molar-refractivity contribution in [3.05, 3.63) is 77.1 Å². The molecule has 150 valence electrons. The third kappa shape index (κ3) is 3.64. The maximum atomic E-state index is 13.4. The van der Waals surface area contributed by atoms with Crippen LogP contribution in [0.4, 0.5) is 18.9 Å². The number of hydrogen-bond acceptors (Lipinski definition) is 2. The van der Waals surface area contributed by atoms with Crippen molar-refractivity contribution >= 4 is 11.6 Å². The van der Waals surface area contributed by atoms with Crippen molar-refractivity contribution in [1.29, 1.82) is 0 Å². The Morgan fingerprint density at radius 2 is 1.66 bits per heavy atom. The highest BCUT2D eigenvalue weighted by Crippen LogP contribution is 2.36. The summed E-state index contributed by atoms with van der Waals surface area (Å²) in [5.41, 5.74) is 1.86. The van der Waals surface area contributed by atoms with Gasteiger partial charge in [-0.25, -0.2) is 4.68 Å². The summed E-state index contributed by atoms with van der Waals surface area (Å²) in [6, 6.07) is 15.8. The number of aromatic nitrogens is 2. The maximum absolute atomic E-state index is 13.4. The first-order valence-corrected chi connectivity index (χ1v) is 9.48. The van der Waals surface area contributed by atoms with E-state index < -0.39 is 11.9 Å². The van der Waals surface area contributed by atoms with Gasteiger partial charge in [0.1, 0.15) is 0 Å². The third-order valence-electron chi connectivity index (χ3n) is 5.26. The van der Waals surface area contributed by atoms with E-state index in [-0.39, 0.29) is 5.91 Å². The summed E-state index contributed by atoms with van der Waals surface area (Å²) in [5.74, 6) is -0.193. The van der Waals surface area contributed by atoms with Crippen LogP contribution in [-0.4, -0.2) is 22.7 Å². The highest BCUT2D eigenvalue weighted by molar-refractivity contribution is 6.05. The van der Waals surface area contributed by atoms with Gasteiger partial charge in [0, 0.05) is 29.6 Å². The van der Waals surface area contributed by atoms with Gasteiger partial charge in [0.2, 0.25) is 0 Å². The molecule has 3 aromatic rings. The number of carbonyl (C=O) groups excluding carboxylic acids is 1. The van der Waals surface area contributed by atoms with E-state index in [9.17, 15) is 18.0 Å². The van der Waals surface area contributed by atoms with Crippen molar-refractivity contribution in [1.82, 2.24) is 9.78 Å². The number of fused-ring (bicyclic) bond motifs is 1. The molecule has 2 aromatic carbocycles. The minimum Gasteiger partial charge on any atom is -0.311 e. The van der Waals surface area contributed by atoms with Gasteiger partial charge >= 0.3 is 6.18 Å². The van der Waals surface area contributed by atoms with Crippen LogP contribution in [0.1, 0.15) is 40.2 Å². The molecule has 0 saturated carbocycles. The van der Waals surface area contributed by atoms with Crippen molar-refractivity contribution in [2.75, 3.05) is 11.9 Å². The highest BCUT2D eigenvalue weighted by atomic mass is 19.4. The smallest absolute Gasteiger partial charge is 0.311 e. The van der Waals surface area contributed by atoms with Gasteiger partial charge in [-0.2, -0.15) is 18.3 Å². The molecule has 0 spiro atoms. The second-order valence-corrected chi connectivity index (χ2v) is 7.14. The normalized spacial score (nSPS) is 13.8. The molecule has 0 unspecified atom stereocenters. The molecule has 0 saturated heterocycles. The largest absolute Gasteiger partial charge is 0.435 e. The number of alkyl halides is 3. The Kier molecular flexibility index (Phi) is 4.90. The molecule has 29 heavy (non-hydrogen) atoms. The number of anilines is 1. The van der Waals surface area contributed by atoms with E-state index in [1.54, 1.807) is 31.3 Å². The van der Waals surface area contributed by atoms with E-state index in [2.05, 4.69) is 5.10 Å². The molecule has 0 atom stereocenters. The SMILES string of the molecule is CN(C(=O)c1ccc(-n2nc(C(F)(F)F)c3c2CCCC3)cc1)c1ccccc1. The zero-order valence-corrected chi connectivity index (χ0v) is 15.9. The van der Waals surface area contributed by atoms with Gasteiger partial charge < -0.3 is 4.90 Å². The zero-order chi connectivity index (χ0) is 20.6. The van der Waals surface area contributed by atoms with Crippen molar-refractivity contribution in [3.63, 3.8) is 0 Å². The molecule has 1 aliphatic rings. The highest BCUT2D eigenvalue weighted by Gasteiger charge is 2.39. The summed E-state index contributed by atoms with van der Waals surface area (Å²) in [7, 11) is 1.69. The lowest BCUT2D eigenvalue weighted by molar-refractivity contribution is -0.142. The van der Waals surface area contributed by atoms with Crippen LogP contribution in [0.25, 0.3) is 5.69 Å². The van der Waals surface area contributed by atoms with Crippen molar-refractivity contribution in [2.24, 2.45) is 0 Å². The van der Waals surface area contributed by atoms with Gasteiger partial charge in [0.15, 0.2) is 5.69 Å². The third-order valence-corrected chi connectivity index (χ3v) is 5.26. The lowest BCUT2D eigenvalue weighted by Crippen LogP contribution is -2.26. The number of halogens is 3. The minimum absolute atomic E-state index is 0.193.